The summed E-state index contributed by atoms with van der Waals surface area (Å²) in [5.41, 5.74) is 34.5. The maximum Gasteiger partial charge on any atom is 0.123 e. The summed E-state index contributed by atoms with van der Waals surface area (Å²) in [4.78, 5) is 9.54. The van der Waals surface area contributed by atoms with E-state index in [2.05, 4.69) is 484 Å². The summed E-state index contributed by atoms with van der Waals surface area (Å²) in [6.07, 6.45) is 0. The number of anilines is 12. The Morgan fingerprint density at radius 3 is 0.961 bits per heavy atom. The number of hydrogen-bond donors (Lipinski definition) is 0. The van der Waals surface area contributed by atoms with E-state index in [1.807, 2.05) is 12.1 Å². The quantitative estimate of drug-likeness (QED) is 0.108. The van der Waals surface area contributed by atoms with Crippen molar-refractivity contribution in [2.45, 2.75) is 0 Å². The van der Waals surface area contributed by atoms with Crippen molar-refractivity contribution < 1.29 is 4.39 Å². The number of aromatic nitrogens is 2. The molecule has 6 nitrogen and oxygen atoms in total. The molecule has 7 heteroatoms. The van der Waals surface area contributed by atoms with E-state index in [-0.39, 0.29) is 5.82 Å². The fourth-order valence-corrected chi connectivity index (χ4v) is 19.9. The van der Waals surface area contributed by atoms with Crippen molar-refractivity contribution in [3.05, 3.63) is 485 Å². The van der Waals surface area contributed by atoms with E-state index in [9.17, 15) is 4.39 Å². The standard InChI is InChI=1S/C62H41N3.C58H38FN3/c1-3-14-42(15-4-1)44-26-31-48(32-27-44)63(51-36-39-60-57(41-51)54-21-10-12-24-59(54)65(60)50-35-28-43-16-7-8-17-46(43)40-50)49-33-29-45(30-34-49)52-37-38-56-53-20-9-11-23-58(53)64(47-18-5-2-6-19-47)61-25-13-22-55(52)62(56)61;59-42-26-32-46(33-27-42)61-55-20-10-8-17-50(55)53-38-47(34-37-56(53)61)60(44-28-22-40(23-29-44)39-12-3-1-4-13-39)45-30-24-41(25-31-45)48-35-36-52-49-16-7-9-19-54(49)62(43-14-5-2-6-15-43)57-21-11-18-51(48)58(52)57/h1-41H;1-38H. The molecule has 23 aromatic rings. The van der Waals surface area contributed by atoms with Crippen molar-refractivity contribution in [2.75, 3.05) is 19.6 Å². The van der Waals surface area contributed by atoms with Gasteiger partial charge in [-0.3, -0.25) is 0 Å². The number of rotatable bonds is 14. The van der Waals surface area contributed by atoms with Gasteiger partial charge in [0, 0.05) is 100 Å². The molecule has 0 aliphatic carbocycles. The van der Waals surface area contributed by atoms with Gasteiger partial charge in [0.25, 0.3) is 0 Å². The van der Waals surface area contributed by atoms with Crippen LogP contribution in [0.25, 0.3) is 154 Å². The van der Waals surface area contributed by atoms with Gasteiger partial charge in [-0.05, 0) is 259 Å². The van der Waals surface area contributed by atoms with Crippen LogP contribution in [0.2, 0.25) is 0 Å². The predicted molar refractivity (Wildman–Crippen MR) is 533 cm³/mol. The molecule has 596 valence electrons. The van der Waals surface area contributed by atoms with Crippen molar-refractivity contribution in [3.63, 3.8) is 0 Å². The van der Waals surface area contributed by atoms with E-state index in [0.29, 0.717) is 0 Å². The molecular formula is C120H79FN6. The van der Waals surface area contributed by atoms with Gasteiger partial charge in [-0.1, -0.05) is 297 Å². The molecule has 2 aliphatic heterocycles. The molecule has 0 saturated heterocycles. The van der Waals surface area contributed by atoms with Crippen LogP contribution in [0.15, 0.2) is 479 Å². The molecule has 0 saturated carbocycles. The lowest BCUT2D eigenvalue weighted by Gasteiger charge is -2.34. The van der Waals surface area contributed by atoms with Crippen LogP contribution in [-0.4, -0.2) is 9.13 Å². The van der Waals surface area contributed by atoms with Crippen LogP contribution >= 0.6 is 0 Å². The van der Waals surface area contributed by atoms with Gasteiger partial charge < -0.3 is 28.7 Å². The van der Waals surface area contributed by atoms with E-state index < -0.39 is 0 Å². The Morgan fingerprint density at radius 2 is 0.504 bits per heavy atom. The maximum atomic E-state index is 14.1. The molecule has 4 heterocycles. The van der Waals surface area contributed by atoms with Crippen molar-refractivity contribution in [2.24, 2.45) is 0 Å². The molecule has 2 aromatic heterocycles. The summed E-state index contributed by atoms with van der Waals surface area (Å²) in [5, 5.41) is 12.2. The van der Waals surface area contributed by atoms with Crippen LogP contribution in [-0.2, 0) is 0 Å². The molecule has 0 bridgehead atoms. The fourth-order valence-electron chi connectivity index (χ4n) is 19.9. The largest absolute Gasteiger partial charge is 0.310 e. The second-order valence-electron chi connectivity index (χ2n) is 32.8. The molecule has 0 atom stereocenters. The summed E-state index contributed by atoms with van der Waals surface area (Å²) in [7, 11) is 0. The van der Waals surface area contributed by atoms with Gasteiger partial charge in [-0.15, -0.1) is 0 Å². The number of nitrogens with zero attached hydrogens (tertiary/aromatic N) is 6. The average molecular weight is 1620 g/mol. The predicted octanol–water partition coefficient (Wildman–Crippen LogP) is 33.7. The van der Waals surface area contributed by atoms with Crippen LogP contribution in [0.5, 0.6) is 0 Å². The van der Waals surface area contributed by atoms with E-state index in [4.69, 9.17) is 0 Å². The van der Waals surface area contributed by atoms with Gasteiger partial charge in [0.2, 0.25) is 0 Å². The fraction of sp³-hybridized carbons (Fsp3) is 0. The zero-order valence-corrected chi connectivity index (χ0v) is 69.2. The Bertz CT molecular complexity index is 8170. The van der Waals surface area contributed by atoms with Gasteiger partial charge in [0.1, 0.15) is 5.82 Å². The number of benzene rings is 21. The second kappa shape index (κ2) is 30.9. The van der Waals surface area contributed by atoms with Crippen LogP contribution in [0.4, 0.5) is 72.6 Å². The van der Waals surface area contributed by atoms with Crippen molar-refractivity contribution in [1.82, 2.24) is 9.13 Å². The molecule has 0 radical (unpaired) electrons. The third kappa shape index (κ3) is 12.8. The summed E-state index contributed by atoms with van der Waals surface area (Å²) in [6, 6.07) is 172. The van der Waals surface area contributed by atoms with Gasteiger partial charge in [-0.25, -0.2) is 4.39 Å². The minimum absolute atomic E-state index is 0.249. The third-order valence-corrected chi connectivity index (χ3v) is 25.7. The minimum Gasteiger partial charge on any atom is -0.310 e. The molecule has 2 aliphatic rings. The first kappa shape index (κ1) is 74.0. The summed E-state index contributed by atoms with van der Waals surface area (Å²) in [6.45, 7) is 0. The Kier molecular flexibility index (Phi) is 18.0. The normalized spacial score (nSPS) is 11.9. The molecule has 0 amide bonds. The van der Waals surface area contributed by atoms with Crippen molar-refractivity contribution in [3.8, 4) is 78.1 Å². The van der Waals surface area contributed by atoms with Gasteiger partial charge >= 0.3 is 0 Å². The zero-order valence-electron chi connectivity index (χ0n) is 69.2. The maximum absolute atomic E-state index is 14.1. The Hall–Kier alpha value is -16.9. The first-order valence-electron chi connectivity index (χ1n) is 43.4. The van der Waals surface area contributed by atoms with Crippen molar-refractivity contribution >= 4 is 144 Å². The molecule has 25 rings (SSSR count). The highest BCUT2D eigenvalue weighted by molar-refractivity contribution is 6.20. The Labute approximate surface area is 735 Å². The molecule has 0 spiro atoms. The van der Waals surface area contributed by atoms with Crippen molar-refractivity contribution in [1.29, 1.82) is 0 Å². The number of hydrogen-bond acceptors (Lipinski definition) is 4. The zero-order chi connectivity index (χ0) is 84.0. The number of para-hydroxylation sites is 6. The summed E-state index contributed by atoms with van der Waals surface area (Å²) < 4.78 is 18.7. The lowest BCUT2D eigenvalue weighted by Crippen LogP contribution is -2.14. The van der Waals surface area contributed by atoms with E-state index in [1.165, 1.54) is 150 Å². The second-order valence-corrected chi connectivity index (χ2v) is 32.8. The first-order chi connectivity index (χ1) is 62.9. The highest BCUT2D eigenvalue weighted by Crippen LogP contribution is 2.56. The van der Waals surface area contributed by atoms with Gasteiger partial charge in [0.15, 0.2) is 0 Å². The van der Waals surface area contributed by atoms with Crippen LogP contribution in [0.1, 0.15) is 0 Å². The summed E-state index contributed by atoms with van der Waals surface area (Å²) >= 11 is 0. The van der Waals surface area contributed by atoms with Crippen LogP contribution < -0.4 is 19.6 Å². The molecular weight excluding hydrogens is 1540 g/mol. The minimum atomic E-state index is -0.249. The average Bonchev–Trinajstić information content (AvgIpc) is 1.67. The van der Waals surface area contributed by atoms with Crippen LogP contribution in [0.3, 0.4) is 0 Å². The topological polar surface area (TPSA) is 22.8 Å². The van der Waals surface area contributed by atoms with Gasteiger partial charge in [0.05, 0.1) is 44.8 Å². The Morgan fingerprint density at radius 1 is 0.173 bits per heavy atom. The van der Waals surface area contributed by atoms with Crippen LogP contribution in [0, 0.1) is 5.82 Å². The molecule has 21 aromatic carbocycles. The molecule has 127 heavy (non-hydrogen) atoms. The number of halogens is 1. The highest BCUT2D eigenvalue weighted by Gasteiger charge is 2.30. The smallest absolute Gasteiger partial charge is 0.123 e. The molecule has 0 N–H and O–H groups in total. The first-order valence-corrected chi connectivity index (χ1v) is 43.4. The highest BCUT2D eigenvalue weighted by atomic mass is 19.1. The van der Waals surface area contributed by atoms with Gasteiger partial charge in [-0.2, -0.15) is 0 Å². The number of fused-ring (bicyclic) bond motifs is 11. The SMILES string of the molecule is Fc1ccc(-n2c3ccccc3c3cc(N(c4ccc(-c5ccccc5)cc4)c4ccc(-c5ccc6c7c(cccc57)N(c5ccccc5)c5ccccc5-6)cc4)ccc32)cc1.c1ccc(-c2ccc(N(c3ccc(-c4ccc5c6c(cccc46)N(c4ccccc4)c4ccccc4-5)cc3)c3ccc4c(c3)c3ccccc3n4-c3ccc4ccccc4c3)cc2)cc1. The van der Waals surface area contributed by atoms with E-state index >= 15 is 0 Å². The lowest BCUT2D eigenvalue weighted by atomic mass is 9.87. The van der Waals surface area contributed by atoms with E-state index in [0.717, 1.165) is 84.2 Å². The molecule has 0 unspecified atom stereocenters. The molecule has 0 fully saturated rings. The Balaban J connectivity index is 0.000000142. The lowest BCUT2D eigenvalue weighted by molar-refractivity contribution is 0.627. The van der Waals surface area contributed by atoms with E-state index in [1.54, 1.807) is 0 Å². The third-order valence-electron chi connectivity index (χ3n) is 25.7. The monoisotopic (exact) mass is 1620 g/mol. The summed E-state index contributed by atoms with van der Waals surface area (Å²) in [5.74, 6) is -0.249.